The van der Waals surface area contributed by atoms with Gasteiger partial charge in [-0.15, -0.1) is 0 Å². The number of anilines is 1. The Labute approximate surface area is 180 Å². The lowest BCUT2D eigenvalue weighted by Gasteiger charge is -2.09. The summed E-state index contributed by atoms with van der Waals surface area (Å²) in [7, 11) is 1.61. The number of methoxy groups -OCH3 is 1. The zero-order valence-corrected chi connectivity index (χ0v) is 17.2. The molecule has 0 aliphatic carbocycles. The molecule has 1 aromatic heterocycles. The topological polar surface area (TPSA) is 73.3 Å². The number of benzene rings is 3. The minimum atomic E-state index is -0.184. The fourth-order valence-electron chi connectivity index (χ4n) is 3.06. The molecule has 6 nitrogen and oxygen atoms in total. The quantitative estimate of drug-likeness (QED) is 0.453. The number of rotatable bonds is 6. The smallest absolute Gasteiger partial charge is 0.255 e. The fraction of sp³-hybridized carbons (Fsp3) is 0.0800. The van der Waals surface area contributed by atoms with Crippen LogP contribution in [-0.2, 0) is 0 Å². The van der Waals surface area contributed by atoms with Crippen molar-refractivity contribution >= 4 is 11.6 Å². The summed E-state index contributed by atoms with van der Waals surface area (Å²) in [6.07, 6.45) is 1.44. The van der Waals surface area contributed by atoms with Crippen LogP contribution >= 0.6 is 0 Å². The summed E-state index contributed by atoms with van der Waals surface area (Å²) in [4.78, 5) is 21.2. The van der Waals surface area contributed by atoms with E-state index in [9.17, 15) is 4.79 Å². The highest BCUT2D eigenvalue weighted by Gasteiger charge is 2.10. The molecule has 0 atom stereocenters. The average Bonchev–Trinajstić information content (AvgIpc) is 2.80. The van der Waals surface area contributed by atoms with E-state index in [0.717, 1.165) is 22.6 Å². The van der Waals surface area contributed by atoms with Crippen LogP contribution in [0.15, 0.2) is 85.2 Å². The minimum absolute atomic E-state index is 0.184. The maximum absolute atomic E-state index is 12.7. The van der Waals surface area contributed by atoms with E-state index in [2.05, 4.69) is 15.3 Å². The number of aryl methyl sites for hydroxylation is 1. The molecule has 4 aromatic rings. The Bertz CT molecular complexity index is 1210. The molecule has 0 fully saturated rings. The molecular weight excluding hydrogens is 390 g/mol. The fourth-order valence-corrected chi connectivity index (χ4v) is 3.06. The van der Waals surface area contributed by atoms with Gasteiger partial charge in [0.05, 0.1) is 12.8 Å². The SMILES string of the molecule is COc1ccc(Oc2cc(-c3cccc(C(=O)Nc4cccc(C)c4)c3)ncn2)cc1. The molecule has 31 heavy (non-hydrogen) atoms. The molecule has 0 radical (unpaired) electrons. The van der Waals surface area contributed by atoms with Crippen molar-refractivity contribution < 1.29 is 14.3 Å². The first-order valence-electron chi connectivity index (χ1n) is 9.73. The molecular formula is C25H21N3O3. The van der Waals surface area contributed by atoms with Crippen LogP contribution < -0.4 is 14.8 Å². The van der Waals surface area contributed by atoms with Gasteiger partial charge in [0.15, 0.2) is 0 Å². The monoisotopic (exact) mass is 411 g/mol. The number of carbonyl (C=O) groups is 1. The Kier molecular flexibility index (Phi) is 5.89. The summed E-state index contributed by atoms with van der Waals surface area (Å²) in [5.74, 6) is 1.61. The highest BCUT2D eigenvalue weighted by Crippen LogP contribution is 2.26. The lowest BCUT2D eigenvalue weighted by atomic mass is 10.1. The molecule has 0 spiro atoms. The maximum Gasteiger partial charge on any atom is 0.255 e. The highest BCUT2D eigenvalue weighted by atomic mass is 16.5. The van der Waals surface area contributed by atoms with Crippen LogP contribution in [0.4, 0.5) is 5.69 Å². The summed E-state index contributed by atoms with van der Waals surface area (Å²) in [5.41, 5.74) is 3.82. The van der Waals surface area contributed by atoms with Crippen LogP contribution in [0.2, 0.25) is 0 Å². The van der Waals surface area contributed by atoms with Crippen LogP contribution in [0, 0.1) is 6.92 Å². The van der Waals surface area contributed by atoms with Crippen molar-refractivity contribution in [3.8, 4) is 28.6 Å². The third kappa shape index (κ3) is 5.05. The number of aromatic nitrogens is 2. The standard InChI is InChI=1S/C25H21N3O3/c1-17-5-3-8-20(13-17)28-25(29)19-7-4-6-18(14-19)23-15-24(27-16-26-23)31-22-11-9-21(30-2)10-12-22/h3-16H,1-2H3,(H,28,29). The van der Waals surface area contributed by atoms with Crippen molar-refractivity contribution in [1.29, 1.82) is 0 Å². The predicted molar refractivity (Wildman–Crippen MR) is 120 cm³/mol. The second-order valence-electron chi connectivity index (χ2n) is 6.92. The van der Waals surface area contributed by atoms with E-state index >= 15 is 0 Å². The van der Waals surface area contributed by atoms with Crippen molar-refractivity contribution in [3.63, 3.8) is 0 Å². The molecule has 0 saturated carbocycles. The first kappa shape index (κ1) is 20.1. The molecule has 6 heteroatoms. The molecule has 0 aliphatic rings. The largest absolute Gasteiger partial charge is 0.497 e. The number of nitrogens with one attached hydrogen (secondary N) is 1. The van der Waals surface area contributed by atoms with Crippen molar-refractivity contribution in [2.75, 3.05) is 12.4 Å². The zero-order valence-electron chi connectivity index (χ0n) is 17.2. The van der Waals surface area contributed by atoms with E-state index in [1.54, 1.807) is 37.4 Å². The van der Waals surface area contributed by atoms with Crippen molar-refractivity contribution in [1.82, 2.24) is 9.97 Å². The Morgan fingerprint density at radius 2 is 1.65 bits per heavy atom. The highest BCUT2D eigenvalue weighted by molar-refractivity contribution is 6.04. The van der Waals surface area contributed by atoms with Crippen LogP contribution in [0.25, 0.3) is 11.3 Å². The molecule has 154 valence electrons. The van der Waals surface area contributed by atoms with Gasteiger partial charge in [-0.2, -0.15) is 0 Å². The normalized spacial score (nSPS) is 10.4. The number of nitrogens with zero attached hydrogens (tertiary/aromatic N) is 2. The van der Waals surface area contributed by atoms with Crippen LogP contribution in [0.5, 0.6) is 17.4 Å². The van der Waals surface area contributed by atoms with Gasteiger partial charge >= 0.3 is 0 Å². The van der Waals surface area contributed by atoms with Gasteiger partial charge in [0.1, 0.15) is 17.8 Å². The van der Waals surface area contributed by atoms with Crippen molar-refractivity contribution in [2.45, 2.75) is 6.92 Å². The molecule has 0 aliphatic heterocycles. The number of hydrogen-bond donors (Lipinski definition) is 1. The van der Waals surface area contributed by atoms with E-state index < -0.39 is 0 Å². The molecule has 1 N–H and O–H groups in total. The van der Waals surface area contributed by atoms with E-state index in [4.69, 9.17) is 9.47 Å². The summed E-state index contributed by atoms with van der Waals surface area (Å²) in [5, 5.41) is 2.92. The number of hydrogen-bond acceptors (Lipinski definition) is 5. The molecule has 0 unspecified atom stereocenters. The van der Waals surface area contributed by atoms with Gasteiger partial charge in [-0.25, -0.2) is 9.97 Å². The third-order valence-electron chi connectivity index (χ3n) is 4.62. The van der Waals surface area contributed by atoms with Crippen LogP contribution in [-0.4, -0.2) is 23.0 Å². The van der Waals surface area contributed by atoms with E-state index in [1.807, 2.05) is 55.5 Å². The lowest BCUT2D eigenvalue weighted by molar-refractivity contribution is 0.102. The van der Waals surface area contributed by atoms with Gasteiger partial charge in [0, 0.05) is 22.9 Å². The number of amides is 1. The Morgan fingerprint density at radius 3 is 2.42 bits per heavy atom. The van der Waals surface area contributed by atoms with Crippen molar-refractivity contribution in [3.05, 3.63) is 96.3 Å². The third-order valence-corrected chi connectivity index (χ3v) is 4.62. The van der Waals surface area contributed by atoms with Crippen LogP contribution in [0.3, 0.4) is 0 Å². The van der Waals surface area contributed by atoms with E-state index in [0.29, 0.717) is 22.9 Å². The van der Waals surface area contributed by atoms with Gasteiger partial charge < -0.3 is 14.8 Å². The minimum Gasteiger partial charge on any atom is -0.497 e. The second kappa shape index (κ2) is 9.09. The predicted octanol–water partition coefficient (Wildman–Crippen LogP) is 5.51. The molecule has 4 rings (SSSR count). The molecule has 0 saturated heterocycles. The first-order chi connectivity index (χ1) is 15.1. The zero-order chi connectivity index (χ0) is 21.6. The Balaban J connectivity index is 1.53. The van der Waals surface area contributed by atoms with Gasteiger partial charge in [0.2, 0.25) is 5.88 Å². The van der Waals surface area contributed by atoms with Gasteiger partial charge in [0.25, 0.3) is 5.91 Å². The van der Waals surface area contributed by atoms with E-state index in [1.165, 1.54) is 6.33 Å². The Hall–Kier alpha value is -4.19. The average molecular weight is 411 g/mol. The van der Waals surface area contributed by atoms with Gasteiger partial charge in [-0.3, -0.25) is 4.79 Å². The summed E-state index contributed by atoms with van der Waals surface area (Å²) >= 11 is 0. The van der Waals surface area contributed by atoms with Crippen molar-refractivity contribution in [2.24, 2.45) is 0 Å². The molecule has 3 aromatic carbocycles. The number of carbonyl (C=O) groups excluding carboxylic acids is 1. The molecule has 0 bridgehead atoms. The van der Waals surface area contributed by atoms with Gasteiger partial charge in [-0.05, 0) is 61.0 Å². The molecule has 1 amide bonds. The Morgan fingerprint density at radius 1 is 0.871 bits per heavy atom. The summed E-state index contributed by atoms with van der Waals surface area (Å²) in [6.45, 7) is 1.98. The summed E-state index contributed by atoms with van der Waals surface area (Å²) < 4.78 is 11.0. The van der Waals surface area contributed by atoms with E-state index in [-0.39, 0.29) is 5.91 Å². The first-order valence-corrected chi connectivity index (χ1v) is 9.73. The maximum atomic E-state index is 12.7. The van der Waals surface area contributed by atoms with Gasteiger partial charge in [-0.1, -0.05) is 24.3 Å². The lowest BCUT2D eigenvalue weighted by Crippen LogP contribution is -2.11. The summed E-state index contributed by atoms with van der Waals surface area (Å²) in [6, 6.07) is 23.9. The number of ether oxygens (including phenoxy) is 2. The van der Waals surface area contributed by atoms with Crippen LogP contribution in [0.1, 0.15) is 15.9 Å². The second-order valence-corrected chi connectivity index (χ2v) is 6.92. The molecule has 1 heterocycles.